The molecule has 4 N–H and O–H groups in total. The lowest BCUT2D eigenvalue weighted by atomic mass is 9.87. The molecular formula is C26H29FN6O4. The molecule has 3 aliphatic rings. The maximum Gasteiger partial charge on any atom is 0.413 e. The molecule has 2 aromatic heterocycles. The molecule has 194 valence electrons. The number of aromatic nitrogens is 2. The summed E-state index contributed by atoms with van der Waals surface area (Å²) in [6.45, 7) is 6.39. The number of benzene rings is 1. The van der Waals surface area contributed by atoms with Crippen LogP contribution in [0, 0.1) is 12.7 Å². The van der Waals surface area contributed by atoms with Crippen molar-refractivity contribution < 1.29 is 23.4 Å². The molecule has 1 aliphatic carbocycles. The molecule has 1 saturated carbocycles. The van der Waals surface area contributed by atoms with Crippen LogP contribution < -0.4 is 21.1 Å². The second kappa shape index (κ2) is 9.64. The van der Waals surface area contributed by atoms with Gasteiger partial charge in [-0.1, -0.05) is 0 Å². The first-order chi connectivity index (χ1) is 18.0. The Labute approximate surface area is 213 Å². The first-order valence-electron chi connectivity index (χ1n) is 12.5. The van der Waals surface area contributed by atoms with Gasteiger partial charge in [0.25, 0.3) is 0 Å². The number of nitrogens with zero attached hydrogens (tertiary/aromatic N) is 3. The molecule has 0 atom stereocenters. The summed E-state index contributed by atoms with van der Waals surface area (Å²) in [5.41, 5.74) is 8.62. The third-order valence-corrected chi connectivity index (χ3v) is 7.37. The number of ether oxygens (including phenoxy) is 3. The predicted octanol–water partition coefficient (Wildman–Crippen LogP) is 3.54. The van der Waals surface area contributed by atoms with Crippen molar-refractivity contribution in [2.75, 3.05) is 55.8 Å². The summed E-state index contributed by atoms with van der Waals surface area (Å²) >= 11 is 0. The number of carbonyl (C=O) groups is 1. The fourth-order valence-electron chi connectivity index (χ4n) is 5.21. The van der Waals surface area contributed by atoms with Gasteiger partial charge in [0.05, 0.1) is 18.9 Å². The highest BCUT2D eigenvalue weighted by Gasteiger charge is 2.36. The molecule has 1 saturated heterocycles. The highest BCUT2D eigenvalue weighted by Crippen LogP contribution is 2.39. The Balaban J connectivity index is 1.19. The number of nitrogens with two attached hydrogens (primary N) is 1. The number of nitrogens with one attached hydrogen (secondary N) is 2. The van der Waals surface area contributed by atoms with Crippen molar-refractivity contribution in [1.82, 2.24) is 14.9 Å². The van der Waals surface area contributed by atoms with Crippen LogP contribution in [0.5, 0.6) is 5.88 Å². The van der Waals surface area contributed by atoms with Crippen LogP contribution in [-0.2, 0) is 9.47 Å². The molecule has 1 aromatic carbocycles. The van der Waals surface area contributed by atoms with Crippen molar-refractivity contribution in [2.45, 2.75) is 31.9 Å². The van der Waals surface area contributed by atoms with E-state index in [2.05, 4.69) is 25.5 Å². The van der Waals surface area contributed by atoms with E-state index in [0.29, 0.717) is 52.8 Å². The minimum Gasteiger partial charge on any atom is -0.474 e. The van der Waals surface area contributed by atoms with Gasteiger partial charge in [-0.25, -0.2) is 19.2 Å². The molecule has 10 nitrogen and oxygen atoms in total. The Hall–Kier alpha value is -3.70. The van der Waals surface area contributed by atoms with Crippen LogP contribution in [0.25, 0.3) is 21.9 Å². The summed E-state index contributed by atoms with van der Waals surface area (Å²) in [4.78, 5) is 23.5. The van der Waals surface area contributed by atoms with Crippen molar-refractivity contribution >= 4 is 34.1 Å². The van der Waals surface area contributed by atoms with E-state index < -0.39 is 11.9 Å². The molecule has 2 aliphatic heterocycles. The number of amides is 1. The van der Waals surface area contributed by atoms with Crippen molar-refractivity contribution in [1.29, 1.82) is 0 Å². The van der Waals surface area contributed by atoms with Crippen molar-refractivity contribution in [3.8, 4) is 17.0 Å². The molecule has 4 heterocycles. The Morgan fingerprint density at radius 2 is 2.00 bits per heavy atom. The largest absolute Gasteiger partial charge is 0.474 e. The van der Waals surface area contributed by atoms with Gasteiger partial charge >= 0.3 is 6.09 Å². The maximum atomic E-state index is 15.4. The number of nitrogen functional groups attached to an aromatic ring is 1. The number of hydrogen-bond acceptors (Lipinski definition) is 9. The Bertz CT molecular complexity index is 1360. The Morgan fingerprint density at radius 3 is 2.81 bits per heavy atom. The third kappa shape index (κ3) is 4.49. The Kier molecular flexibility index (Phi) is 6.17. The van der Waals surface area contributed by atoms with Gasteiger partial charge in [-0.3, -0.25) is 10.2 Å². The van der Waals surface area contributed by atoms with Gasteiger partial charge in [0.1, 0.15) is 24.2 Å². The van der Waals surface area contributed by atoms with Crippen LogP contribution >= 0.6 is 0 Å². The topological polar surface area (TPSA) is 124 Å². The van der Waals surface area contributed by atoms with E-state index in [1.165, 1.54) is 6.20 Å². The number of hydrogen-bond donors (Lipinski definition) is 3. The molecule has 0 radical (unpaired) electrons. The first kappa shape index (κ1) is 23.7. The van der Waals surface area contributed by atoms with Crippen LogP contribution in [0.3, 0.4) is 0 Å². The second-order valence-electron chi connectivity index (χ2n) is 9.62. The molecule has 11 heteroatoms. The van der Waals surface area contributed by atoms with E-state index in [4.69, 9.17) is 19.9 Å². The molecule has 1 amide bonds. The SMILES string of the molecule is Cc1c(-c2cc3cc(NC(=O)O[C@H]4C[C@@H](N5CCOCC5)C4)ncc3c(N)c2F)cnc2c1NCCO2. The number of rotatable bonds is 4. The van der Waals surface area contributed by atoms with Crippen LogP contribution in [0.2, 0.25) is 0 Å². The number of pyridine rings is 2. The molecule has 0 bridgehead atoms. The van der Waals surface area contributed by atoms with Gasteiger partial charge in [0.15, 0.2) is 5.82 Å². The zero-order valence-electron chi connectivity index (χ0n) is 20.6. The molecule has 6 rings (SSSR count). The molecular weight excluding hydrogens is 479 g/mol. The lowest BCUT2D eigenvalue weighted by Gasteiger charge is -2.43. The van der Waals surface area contributed by atoms with Gasteiger partial charge in [0.2, 0.25) is 5.88 Å². The van der Waals surface area contributed by atoms with Crippen LogP contribution in [-0.4, -0.2) is 72.6 Å². The average molecular weight is 509 g/mol. The molecule has 2 fully saturated rings. The molecule has 0 unspecified atom stereocenters. The van der Waals surface area contributed by atoms with E-state index >= 15 is 4.39 Å². The summed E-state index contributed by atoms with van der Waals surface area (Å²) in [6, 6.07) is 3.79. The van der Waals surface area contributed by atoms with Crippen LogP contribution in [0.15, 0.2) is 24.5 Å². The first-order valence-corrected chi connectivity index (χ1v) is 12.5. The van der Waals surface area contributed by atoms with Crippen molar-refractivity contribution in [2.24, 2.45) is 0 Å². The zero-order chi connectivity index (χ0) is 25.5. The van der Waals surface area contributed by atoms with Crippen LogP contribution in [0.1, 0.15) is 18.4 Å². The number of anilines is 3. The summed E-state index contributed by atoms with van der Waals surface area (Å²) in [7, 11) is 0. The van der Waals surface area contributed by atoms with E-state index in [9.17, 15) is 4.79 Å². The van der Waals surface area contributed by atoms with Crippen molar-refractivity contribution in [3.05, 3.63) is 35.9 Å². The predicted molar refractivity (Wildman–Crippen MR) is 137 cm³/mol. The Morgan fingerprint density at radius 1 is 1.19 bits per heavy atom. The van der Waals surface area contributed by atoms with Crippen LogP contribution in [0.4, 0.5) is 26.4 Å². The maximum absolute atomic E-state index is 15.4. The summed E-state index contributed by atoms with van der Waals surface area (Å²) in [5, 5.41) is 7.05. The van der Waals surface area contributed by atoms with E-state index in [1.54, 1.807) is 18.3 Å². The number of carbonyl (C=O) groups excluding carboxylic acids is 1. The monoisotopic (exact) mass is 508 g/mol. The number of morpholine rings is 1. The lowest BCUT2D eigenvalue weighted by molar-refractivity contribution is -0.0477. The van der Waals surface area contributed by atoms with Gasteiger partial charge in [0, 0.05) is 67.4 Å². The van der Waals surface area contributed by atoms with Gasteiger partial charge in [-0.2, -0.15) is 0 Å². The number of fused-ring (bicyclic) bond motifs is 2. The van der Waals surface area contributed by atoms with Crippen molar-refractivity contribution in [3.63, 3.8) is 0 Å². The minimum absolute atomic E-state index is 0.0147. The summed E-state index contributed by atoms with van der Waals surface area (Å²) in [5.74, 6) is 0.253. The molecule has 37 heavy (non-hydrogen) atoms. The lowest BCUT2D eigenvalue weighted by Crippen LogP contribution is -2.52. The fourth-order valence-corrected chi connectivity index (χ4v) is 5.21. The quantitative estimate of drug-likeness (QED) is 0.454. The summed E-state index contributed by atoms with van der Waals surface area (Å²) in [6.07, 6.45) is 3.98. The third-order valence-electron chi connectivity index (χ3n) is 7.37. The molecule has 3 aromatic rings. The van der Waals surface area contributed by atoms with Gasteiger partial charge in [-0.05, 0) is 30.0 Å². The van der Waals surface area contributed by atoms with E-state index in [1.807, 2.05) is 6.92 Å². The van der Waals surface area contributed by atoms with Gasteiger partial charge in [-0.15, -0.1) is 0 Å². The summed E-state index contributed by atoms with van der Waals surface area (Å²) < 4.78 is 31.9. The second-order valence-corrected chi connectivity index (χ2v) is 9.62. The highest BCUT2D eigenvalue weighted by molar-refractivity contribution is 5.99. The average Bonchev–Trinajstić information content (AvgIpc) is 2.89. The fraction of sp³-hybridized carbons (Fsp3) is 0.423. The normalized spacial score (nSPS) is 21.4. The number of halogens is 1. The zero-order valence-corrected chi connectivity index (χ0v) is 20.6. The van der Waals surface area contributed by atoms with Gasteiger partial charge < -0.3 is 25.3 Å². The van der Waals surface area contributed by atoms with E-state index in [0.717, 1.165) is 50.4 Å². The highest BCUT2D eigenvalue weighted by atomic mass is 19.1. The smallest absolute Gasteiger partial charge is 0.413 e. The van der Waals surface area contributed by atoms with E-state index in [-0.39, 0.29) is 11.8 Å². The standard InChI is InChI=1S/C26H29FN6O4/c1-14-19(12-31-25-24(14)29-2-5-36-25)18-8-15-9-21(30-13-20(15)23(28)22(18)27)32-26(34)37-17-10-16(11-17)33-3-6-35-7-4-33/h8-9,12-13,16-17,29H,2-7,10-11,28H2,1H3,(H,30,32,34)/t16-,17+. The minimum atomic E-state index is -0.562. The molecule has 0 spiro atoms.